The van der Waals surface area contributed by atoms with Gasteiger partial charge < -0.3 is 9.47 Å². The Morgan fingerprint density at radius 2 is 2.15 bits per heavy atom. The molecule has 1 aromatic heterocycles. The van der Waals surface area contributed by atoms with Crippen molar-refractivity contribution in [2.75, 3.05) is 20.2 Å². The molecule has 144 valence electrons. The van der Waals surface area contributed by atoms with Crippen molar-refractivity contribution in [3.63, 3.8) is 0 Å². The molecule has 0 aromatic carbocycles. The Kier molecular flexibility index (Phi) is 5.00. The monoisotopic (exact) mass is 368 g/mol. The number of aliphatic imine (C=N–C) groups is 2. The second-order valence-electron chi connectivity index (χ2n) is 7.75. The molecular weight excluding hydrogens is 340 g/mol. The molecule has 1 fully saturated rings. The summed E-state index contributed by atoms with van der Waals surface area (Å²) in [5.41, 5.74) is 3.43. The molecule has 4 heterocycles. The Bertz CT molecular complexity index is 801. The third kappa shape index (κ3) is 3.90. The molecule has 3 unspecified atom stereocenters. The summed E-state index contributed by atoms with van der Waals surface area (Å²) < 4.78 is 11.0. The van der Waals surface area contributed by atoms with Crippen molar-refractivity contribution in [1.29, 1.82) is 0 Å². The van der Waals surface area contributed by atoms with Gasteiger partial charge in [0.15, 0.2) is 18.2 Å². The van der Waals surface area contributed by atoms with Gasteiger partial charge in [0.2, 0.25) is 5.88 Å². The van der Waals surface area contributed by atoms with E-state index < -0.39 is 0 Å². The lowest BCUT2D eigenvalue weighted by molar-refractivity contribution is 0.238. The van der Waals surface area contributed by atoms with E-state index in [0.29, 0.717) is 17.8 Å². The van der Waals surface area contributed by atoms with Crippen LogP contribution in [0.5, 0.6) is 5.88 Å². The van der Waals surface area contributed by atoms with E-state index in [2.05, 4.69) is 46.1 Å². The first-order valence-electron chi connectivity index (χ1n) is 9.74. The Morgan fingerprint density at radius 1 is 1.30 bits per heavy atom. The average molecular weight is 368 g/mol. The van der Waals surface area contributed by atoms with Gasteiger partial charge >= 0.3 is 0 Å². The summed E-state index contributed by atoms with van der Waals surface area (Å²) in [7, 11) is 1.68. The first kappa shape index (κ1) is 18.2. The number of ether oxygens (including phenoxy) is 2. The number of rotatable bonds is 5. The van der Waals surface area contributed by atoms with Gasteiger partial charge in [-0.25, -0.2) is 9.98 Å². The number of aryl methyl sites for hydroxylation is 1. The minimum Gasteiger partial charge on any atom is -0.481 e. The fraction of sp³-hybridized carbons (Fsp3) is 0.571. The van der Waals surface area contributed by atoms with Crippen molar-refractivity contribution in [1.82, 2.24) is 9.88 Å². The zero-order valence-electron chi connectivity index (χ0n) is 16.6. The highest BCUT2D eigenvalue weighted by molar-refractivity contribution is 6.00. The van der Waals surface area contributed by atoms with Gasteiger partial charge in [-0.1, -0.05) is 0 Å². The molecule has 0 bridgehead atoms. The summed E-state index contributed by atoms with van der Waals surface area (Å²) in [5.74, 6) is 2.09. The van der Waals surface area contributed by atoms with Crippen molar-refractivity contribution in [2.45, 2.75) is 51.9 Å². The highest BCUT2D eigenvalue weighted by Gasteiger charge is 2.33. The predicted molar refractivity (Wildman–Crippen MR) is 107 cm³/mol. The Morgan fingerprint density at radius 3 is 2.96 bits per heavy atom. The maximum atomic E-state index is 5.66. The van der Waals surface area contributed by atoms with Crippen molar-refractivity contribution >= 4 is 11.6 Å². The molecule has 1 aromatic rings. The number of aromatic nitrogens is 1. The molecule has 0 saturated carbocycles. The van der Waals surface area contributed by atoms with Gasteiger partial charge in [-0.3, -0.25) is 9.89 Å². The van der Waals surface area contributed by atoms with E-state index in [9.17, 15) is 0 Å². The van der Waals surface area contributed by atoms with E-state index in [1.165, 1.54) is 12.0 Å². The van der Waals surface area contributed by atoms with Gasteiger partial charge in [-0.2, -0.15) is 0 Å². The number of methoxy groups -OCH3 is 1. The highest BCUT2D eigenvalue weighted by atomic mass is 16.5. The summed E-state index contributed by atoms with van der Waals surface area (Å²) in [6, 6.07) is 4.54. The van der Waals surface area contributed by atoms with Gasteiger partial charge in [0.05, 0.1) is 12.8 Å². The lowest BCUT2D eigenvalue weighted by atomic mass is 9.99. The van der Waals surface area contributed by atoms with Crippen LogP contribution in [0.2, 0.25) is 0 Å². The fourth-order valence-electron chi connectivity index (χ4n) is 4.26. The fourth-order valence-corrected chi connectivity index (χ4v) is 4.26. The maximum Gasteiger partial charge on any atom is 0.213 e. The maximum absolute atomic E-state index is 5.66. The summed E-state index contributed by atoms with van der Waals surface area (Å²) in [6.45, 7) is 8.35. The van der Waals surface area contributed by atoms with Crippen molar-refractivity contribution in [2.24, 2.45) is 15.9 Å². The number of likely N-dealkylation sites (tertiary alicyclic amines) is 1. The van der Waals surface area contributed by atoms with Crippen LogP contribution in [0.4, 0.5) is 0 Å². The van der Waals surface area contributed by atoms with Crippen LogP contribution in [0.3, 0.4) is 0 Å². The van der Waals surface area contributed by atoms with E-state index >= 15 is 0 Å². The molecule has 6 nitrogen and oxygen atoms in total. The van der Waals surface area contributed by atoms with Crippen LogP contribution in [-0.4, -0.2) is 60.0 Å². The predicted octanol–water partition coefficient (Wildman–Crippen LogP) is 2.81. The highest BCUT2D eigenvalue weighted by Crippen LogP contribution is 2.27. The molecular formula is C21H28N4O2. The van der Waals surface area contributed by atoms with Crippen molar-refractivity contribution in [3.8, 4) is 5.88 Å². The zero-order valence-corrected chi connectivity index (χ0v) is 16.6. The van der Waals surface area contributed by atoms with Crippen LogP contribution in [0.1, 0.15) is 31.5 Å². The topological polar surface area (TPSA) is 59.3 Å². The first-order valence-corrected chi connectivity index (χ1v) is 9.74. The summed E-state index contributed by atoms with van der Waals surface area (Å²) in [6.07, 6.45) is 6.37. The van der Waals surface area contributed by atoms with Crippen LogP contribution < -0.4 is 4.74 Å². The number of fused-ring (bicyclic) bond motifs is 1. The molecule has 0 spiro atoms. The second kappa shape index (κ2) is 7.43. The number of hydrogen-bond acceptors (Lipinski definition) is 6. The summed E-state index contributed by atoms with van der Waals surface area (Å²) >= 11 is 0. The van der Waals surface area contributed by atoms with Crippen molar-refractivity contribution < 1.29 is 9.47 Å². The number of nitrogens with zero attached hydrogens (tertiary/aromatic N) is 4. The zero-order chi connectivity index (χ0) is 19.0. The second-order valence-corrected chi connectivity index (χ2v) is 7.75. The van der Waals surface area contributed by atoms with Gasteiger partial charge in [0.25, 0.3) is 0 Å². The summed E-state index contributed by atoms with van der Waals surface area (Å²) in [4.78, 5) is 16.2. The van der Waals surface area contributed by atoms with Crippen LogP contribution in [0, 0.1) is 12.8 Å². The molecule has 0 radical (unpaired) electrons. The van der Waals surface area contributed by atoms with E-state index in [1.807, 2.05) is 13.8 Å². The lowest BCUT2D eigenvalue weighted by Crippen LogP contribution is -2.39. The van der Waals surface area contributed by atoms with Crippen molar-refractivity contribution in [3.05, 3.63) is 35.5 Å². The van der Waals surface area contributed by atoms with Gasteiger partial charge in [-0.15, -0.1) is 0 Å². The van der Waals surface area contributed by atoms with Crippen LogP contribution in [-0.2, 0) is 11.2 Å². The molecule has 0 N–H and O–H groups in total. The van der Waals surface area contributed by atoms with Crippen LogP contribution in [0.25, 0.3) is 0 Å². The molecule has 1 saturated heterocycles. The molecule has 0 aliphatic carbocycles. The lowest BCUT2D eigenvalue weighted by Gasteiger charge is -2.27. The molecule has 3 aliphatic rings. The number of pyridine rings is 1. The summed E-state index contributed by atoms with van der Waals surface area (Å²) in [5, 5.41) is 0. The van der Waals surface area contributed by atoms with E-state index in [1.54, 1.807) is 7.11 Å². The Hall–Kier alpha value is -2.21. The molecule has 4 atom stereocenters. The smallest absolute Gasteiger partial charge is 0.213 e. The largest absolute Gasteiger partial charge is 0.481 e. The van der Waals surface area contributed by atoms with E-state index in [4.69, 9.17) is 14.5 Å². The van der Waals surface area contributed by atoms with Gasteiger partial charge in [0, 0.05) is 31.3 Å². The normalized spacial score (nSPS) is 28.4. The molecule has 3 aliphatic heterocycles. The number of hydrogen-bond donors (Lipinski definition) is 0. The first-order chi connectivity index (χ1) is 13.0. The SMILES string of the molecule is COc1cc(C[C@H]2CCN(C(C)C3=NC4N=C(C)OC4C=C3)C2)cc(C)n1. The van der Waals surface area contributed by atoms with Crippen LogP contribution in [0.15, 0.2) is 34.3 Å². The number of dihydropyridines is 1. The van der Waals surface area contributed by atoms with Gasteiger partial charge in [-0.05, 0) is 62.9 Å². The Balaban J connectivity index is 1.39. The minimum absolute atomic E-state index is 0.0165. The quantitative estimate of drug-likeness (QED) is 0.802. The molecule has 4 rings (SSSR count). The minimum atomic E-state index is -0.0990. The average Bonchev–Trinajstić information content (AvgIpc) is 3.25. The van der Waals surface area contributed by atoms with E-state index in [-0.39, 0.29) is 12.3 Å². The third-order valence-corrected chi connectivity index (χ3v) is 5.67. The molecule has 0 amide bonds. The molecule has 6 heteroatoms. The standard InChI is InChI=1S/C21H28N4O2/c1-13-9-17(11-20(22-13)26-4)10-16-7-8-25(12-16)14(2)18-5-6-19-21(24-18)23-15(3)27-19/h5-6,9,11,14,16,19,21H,7-8,10,12H2,1-4H3/t14?,16-,19?,21?/m1/s1. The van der Waals surface area contributed by atoms with Crippen LogP contribution >= 0.6 is 0 Å². The third-order valence-electron chi connectivity index (χ3n) is 5.67. The van der Waals surface area contributed by atoms with Gasteiger partial charge in [0.1, 0.15) is 0 Å². The van der Waals surface area contributed by atoms with E-state index in [0.717, 1.165) is 36.8 Å². The Labute approximate surface area is 161 Å². The molecule has 27 heavy (non-hydrogen) atoms.